The Hall–Kier alpha value is -1.59. The molecule has 0 atom stereocenters. The maximum Gasteiger partial charge on any atom is 0.339 e. The number of benzene rings is 1. The molecule has 0 heterocycles. The molecule has 0 saturated heterocycles. The van der Waals surface area contributed by atoms with Crippen LogP contribution < -0.4 is 0 Å². The molecule has 0 saturated carbocycles. The van der Waals surface area contributed by atoms with Crippen LogP contribution in [0.2, 0.25) is 0 Å². The Kier molecular flexibility index (Phi) is 10.6. The van der Waals surface area contributed by atoms with Crippen LogP contribution in [0.25, 0.3) is 0 Å². The Labute approximate surface area is 121 Å². The molecule has 0 aliphatic rings. The molecule has 0 aliphatic carbocycles. The number of carboxylic acids is 1. The number of quaternary nitrogens is 1. The number of aromatic hydroxyl groups is 1. The molecule has 116 valence electrons. The summed E-state index contributed by atoms with van der Waals surface area (Å²) >= 11 is 0. The number of carboxylic acid groups (broad SMARTS) is 1. The molecule has 5 heteroatoms. The molecule has 0 aromatic heterocycles. The zero-order valence-corrected chi connectivity index (χ0v) is 12.8. The third-order valence-corrected chi connectivity index (χ3v) is 3.82. The van der Waals surface area contributed by atoms with E-state index in [1.54, 1.807) is 12.1 Å². The van der Waals surface area contributed by atoms with Gasteiger partial charge in [-0.1, -0.05) is 12.1 Å². The highest BCUT2D eigenvalue weighted by Crippen LogP contribution is 2.14. The molecule has 0 spiro atoms. The van der Waals surface area contributed by atoms with E-state index >= 15 is 0 Å². The van der Waals surface area contributed by atoms with Crippen molar-refractivity contribution in [1.82, 2.24) is 0 Å². The predicted octanol–water partition coefficient (Wildman–Crippen LogP) is 2.80. The molecule has 0 amide bonds. The SMILES string of the molecule is CC[N+](CC)(CC)CC.O=C(O)c1ccccc1O.[OH-]. The summed E-state index contributed by atoms with van der Waals surface area (Å²) in [5, 5.41) is 17.3. The number of nitrogens with zero attached hydrogens (tertiary/aromatic N) is 1. The van der Waals surface area contributed by atoms with Crippen molar-refractivity contribution in [2.75, 3.05) is 26.2 Å². The van der Waals surface area contributed by atoms with E-state index in [2.05, 4.69) is 27.7 Å². The zero-order valence-electron chi connectivity index (χ0n) is 12.8. The van der Waals surface area contributed by atoms with Crippen molar-refractivity contribution in [3.8, 4) is 5.75 Å². The lowest BCUT2D eigenvalue weighted by Gasteiger charge is -2.34. The number of rotatable bonds is 5. The lowest BCUT2D eigenvalue weighted by atomic mass is 10.2. The number of phenols is 1. The minimum atomic E-state index is -1.11. The van der Waals surface area contributed by atoms with E-state index in [0.29, 0.717) is 0 Å². The monoisotopic (exact) mass is 285 g/mol. The number of hydrogen-bond donors (Lipinski definition) is 2. The van der Waals surface area contributed by atoms with Crippen LogP contribution in [0.5, 0.6) is 5.75 Å². The van der Waals surface area contributed by atoms with Crippen LogP contribution in [0.15, 0.2) is 24.3 Å². The van der Waals surface area contributed by atoms with E-state index in [1.807, 2.05) is 0 Å². The van der Waals surface area contributed by atoms with Gasteiger partial charge in [0.1, 0.15) is 11.3 Å². The second-order valence-corrected chi connectivity index (χ2v) is 4.43. The summed E-state index contributed by atoms with van der Waals surface area (Å²) in [5.41, 5.74) is -0.0671. The molecular weight excluding hydrogens is 258 g/mol. The van der Waals surface area contributed by atoms with Crippen LogP contribution in [0.4, 0.5) is 0 Å². The Balaban J connectivity index is 0. The van der Waals surface area contributed by atoms with Gasteiger partial charge in [-0.3, -0.25) is 0 Å². The average molecular weight is 285 g/mol. The van der Waals surface area contributed by atoms with Crippen molar-refractivity contribution in [3.05, 3.63) is 29.8 Å². The second-order valence-electron chi connectivity index (χ2n) is 4.43. The fraction of sp³-hybridized carbons (Fsp3) is 0.533. The summed E-state index contributed by atoms with van der Waals surface area (Å²) in [5.74, 6) is -1.31. The summed E-state index contributed by atoms with van der Waals surface area (Å²) in [7, 11) is 0. The van der Waals surface area contributed by atoms with Gasteiger partial charge >= 0.3 is 5.97 Å². The van der Waals surface area contributed by atoms with Gasteiger partial charge in [0.15, 0.2) is 0 Å². The van der Waals surface area contributed by atoms with Crippen LogP contribution in [-0.2, 0) is 0 Å². The van der Waals surface area contributed by atoms with Crippen LogP contribution in [0.1, 0.15) is 38.1 Å². The molecule has 0 unspecified atom stereocenters. The maximum atomic E-state index is 10.3. The van der Waals surface area contributed by atoms with Gasteiger partial charge in [0.05, 0.1) is 26.2 Å². The highest BCUT2D eigenvalue weighted by molar-refractivity contribution is 5.90. The molecule has 0 aliphatic heterocycles. The summed E-state index contributed by atoms with van der Waals surface area (Å²) in [4.78, 5) is 10.3. The molecule has 1 rings (SSSR count). The molecule has 20 heavy (non-hydrogen) atoms. The summed E-state index contributed by atoms with van der Waals surface area (Å²) in [6.07, 6.45) is 0. The zero-order chi connectivity index (χ0) is 14.9. The second kappa shape index (κ2) is 10.2. The number of carbonyl (C=O) groups is 1. The first-order chi connectivity index (χ1) is 8.96. The van der Waals surface area contributed by atoms with Crippen LogP contribution in [-0.4, -0.2) is 52.3 Å². The van der Waals surface area contributed by atoms with E-state index in [0.717, 1.165) is 0 Å². The standard InChI is InChI=1S/C8H20N.C7H6O3.H2O/c1-5-9(6-2,7-3)8-4;8-6-4-2-1-3-5(6)7(9)10;/h5-8H2,1-4H3;1-4,8H,(H,9,10);1H2/q+1;;/p-1. The highest BCUT2D eigenvalue weighted by Gasteiger charge is 2.16. The Morgan fingerprint density at radius 2 is 1.40 bits per heavy atom. The molecule has 5 nitrogen and oxygen atoms in total. The van der Waals surface area contributed by atoms with E-state index in [4.69, 9.17) is 10.2 Å². The first-order valence-electron chi connectivity index (χ1n) is 6.82. The van der Waals surface area contributed by atoms with Gasteiger partial charge in [0.2, 0.25) is 0 Å². The highest BCUT2D eigenvalue weighted by atomic mass is 16.4. The molecule has 1 aromatic carbocycles. The number of para-hydroxylation sites is 1. The predicted molar refractivity (Wildman–Crippen MR) is 79.4 cm³/mol. The van der Waals surface area contributed by atoms with Gasteiger partial charge < -0.3 is 20.2 Å². The quantitative estimate of drug-likeness (QED) is 0.814. The Morgan fingerprint density at radius 1 is 1.00 bits per heavy atom. The van der Waals surface area contributed by atoms with Gasteiger partial charge in [0, 0.05) is 0 Å². The summed E-state index contributed by atoms with van der Waals surface area (Å²) in [6, 6.07) is 5.81. The van der Waals surface area contributed by atoms with Crippen molar-refractivity contribution in [2.24, 2.45) is 0 Å². The molecule has 0 radical (unpaired) electrons. The third-order valence-electron chi connectivity index (χ3n) is 3.82. The van der Waals surface area contributed by atoms with E-state index < -0.39 is 5.97 Å². The Bertz CT molecular complexity index is 372. The fourth-order valence-electron chi connectivity index (χ4n) is 2.00. The molecule has 0 fully saturated rings. The number of hydrogen-bond acceptors (Lipinski definition) is 3. The number of aromatic carboxylic acids is 1. The fourth-order valence-corrected chi connectivity index (χ4v) is 2.00. The van der Waals surface area contributed by atoms with Crippen LogP contribution in [0.3, 0.4) is 0 Å². The topological polar surface area (TPSA) is 87.5 Å². The van der Waals surface area contributed by atoms with Crippen molar-refractivity contribution in [3.63, 3.8) is 0 Å². The lowest BCUT2D eigenvalue weighted by Crippen LogP contribution is -2.47. The van der Waals surface area contributed by atoms with Gasteiger partial charge in [-0.15, -0.1) is 0 Å². The van der Waals surface area contributed by atoms with Crippen LogP contribution in [0, 0.1) is 0 Å². The largest absolute Gasteiger partial charge is 0.870 e. The van der Waals surface area contributed by atoms with Gasteiger partial charge in [-0.25, -0.2) is 4.79 Å². The van der Waals surface area contributed by atoms with Gasteiger partial charge in [0.25, 0.3) is 0 Å². The van der Waals surface area contributed by atoms with Gasteiger partial charge in [-0.2, -0.15) is 0 Å². The molecule has 0 bridgehead atoms. The van der Waals surface area contributed by atoms with Crippen molar-refractivity contribution in [1.29, 1.82) is 0 Å². The lowest BCUT2D eigenvalue weighted by molar-refractivity contribution is -0.921. The first kappa shape index (κ1) is 20.7. The summed E-state index contributed by atoms with van der Waals surface area (Å²) in [6.45, 7) is 14.2. The summed E-state index contributed by atoms with van der Waals surface area (Å²) < 4.78 is 1.28. The van der Waals surface area contributed by atoms with E-state index in [1.165, 1.54) is 42.8 Å². The molecule has 3 N–H and O–H groups in total. The molecular formula is C15H27NO4. The smallest absolute Gasteiger partial charge is 0.339 e. The third kappa shape index (κ3) is 6.04. The van der Waals surface area contributed by atoms with E-state index in [-0.39, 0.29) is 16.8 Å². The molecule has 1 aromatic rings. The van der Waals surface area contributed by atoms with Crippen LogP contribution >= 0.6 is 0 Å². The Morgan fingerprint density at radius 3 is 1.60 bits per heavy atom. The first-order valence-corrected chi connectivity index (χ1v) is 6.82. The minimum Gasteiger partial charge on any atom is -0.870 e. The van der Waals surface area contributed by atoms with E-state index in [9.17, 15) is 4.79 Å². The maximum absolute atomic E-state index is 10.3. The van der Waals surface area contributed by atoms with Crippen molar-refractivity contribution < 1.29 is 25.0 Å². The van der Waals surface area contributed by atoms with Crippen molar-refractivity contribution in [2.45, 2.75) is 27.7 Å². The normalized spacial score (nSPS) is 10.0. The minimum absolute atomic E-state index is 0. The van der Waals surface area contributed by atoms with Crippen molar-refractivity contribution >= 4 is 5.97 Å². The average Bonchev–Trinajstić information content (AvgIpc) is 2.43. The van der Waals surface area contributed by atoms with Gasteiger partial charge in [-0.05, 0) is 39.8 Å².